The molecule has 5 heteroatoms. The number of benzene rings is 1. The van der Waals surface area contributed by atoms with E-state index in [1.165, 1.54) is 5.01 Å². The Labute approximate surface area is 121 Å². The van der Waals surface area contributed by atoms with Crippen molar-refractivity contribution in [2.24, 2.45) is 0 Å². The van der Waals surface area contributed by atoms with Gasteiger partial charge in [-0.2, -0.15) is 0 Å². The largest absolute Gasteiger partial charge is 0.439 e. The van der Waals surface area contributed by atoms with Gasteiger partial charge in [0.1, 0.15) is 5.52 Å². The van der Waals surface area contributed by atoms with Crippen LogP contribution in [0.15, 0.2) is 34.1 Å². The minimum absolute atomic E-state index is 0.196. The van der Waals surface area contributed by atoms with Crippen LogP contribution in [0, 0.1) is 0 Å². The van der Waals surface area contributed by atoms with Gasteiger partial charge in [-0.15, -0.1) is 11.3 Å². The molecule has 20 heavy (non-hydrogen) atoms. The van der Waals surface area contributed by atoms with Gasteiger partial charge in [-0.1, -0.05) is 19.1 Å². The molecular formula is C15H17N3OS. The summed E-state index contributed by atoms with van der Waals surface area (Å²) in [5, 5.41) is 6.69. The Hall–Kier alpha value is -1.72. The van der Waals surface area contributed by atoms with Crippen molar-refractivity contribution in [3.63, 3.8) is 0 Å². The van der Waals surface area contributed by atoms with E-state index in [1.54, 1.807) is 11.3 Å². The summed E-state index contributed by atoms with van der Waals surface area (Å²) >= 11 is 1.71. The molecule has 0 saturated carbocycles. The minimum atomic E-state index is 0.196. The van der Waals surface area contributed by atoms with Crippen molar-refractivity contribution in [3.8, 4) is 0 Å². The first-order valence-electron chi connectivity index (χ1n) is 6.78. The number of aromatic nitrogens is 2. The zero-order valence-electron chi connectivity index (χ0n) is 11.6. The fourth-order valence-electron chi connectivity index (χ4n) is 2.03. The van der Waals surface area contributed by atoms with Gasteiger partial charge in [-0.3, -0.25) is 0 Å². The third-order valence-electron chi connectivity index (χ3n) is 3.21. The maximum atomic E-state index is 5.69. The summed E-state index contributed by atoms with van der Waals surface area (Å²) in [7, 11) is 0. The van der Waals surface area contributed by atoms with Crippen molar-refractivity contribution in [2.45, 2.75) is 32.9 Å². The van der Waals surface area contributed by atoms with Crippen LogP contribution in [0.1, 0.15) is 36.5 Å². The molecule has 0 aliphatic heterocycles. The number of oxazole rings is 1. The van der Waals surface area contributed by atoms with Gasteiger partial charge in [-0.25, -0.2) is 9.97 Å². The summed E-state index contributed by atoms with van der Waals surface area (Å²) in [5.74, 6) is 0.712. The molecule has 1 N–H and O–H groups in total. The standard InChI is InChI=1S/C15H17N3OS/c1-3-15-18-12(9-20-15)10(2)16-8-14-17-11-6-4-5-7-13(11)19-14/h4-7,9-10,16H,3,8H2,1-2H3. The first kappa shape index (κ1) is 13.3. The Bertz CT molecular complexity index is 671. The van der Waals surface area contributed by atoms with Gasteiger partial charge in [0.25, 0.3) is 0 Å². The molecule has 3 rings (SSSR count). The van der Waals surface area contributed by atoms with E-state index in [1.807, 2.05) is 24.3 Å². The second-order valence-electron chi connectivity index (χ2n) is 4.70. The fraction of sp³-hybridized carbons (Fsp3) is 0.333. The molecule has 2 heterocycles. The lowest BCUT2D eigenvalue weighted by atomic mass is 10.2. The number of fused-ring (bicyclic) bond motifs is 1. The Morgan fingerprint density at radius 2 is 2.15 bits per heavy atom. The molecule has 0 bridgehead atoms. The van der Waals surface area contributed by atoms with Crippen molar-refractivity contribution < 1.29 is 4.42 Å². The molecule has 0 saturated heterocycles. The first-order valence-corrected chi connectivity index (χ1v) is 7.66. The number of hydrogen-bond donors (Lipinski definition) is 1. The number of nitrogens with zero attached hydrogens (tertiary/aromatic N) is 2. The highest BCUT2D eigenvalue weighted by Crippen LogP contribution is 2.18. The predicted octanol–water partition coefficient (Wildman–Crippen LogP) is 3.70. The minimum Gasteiger partial charge on any atom is -0.439 e. The normalized spacial score (nSPS) is 12.9. The topological polar surface area (TPSA) is 51.0 Å². The maximum absolute atomic E-state index is 5.69. The van der Waals surface area contributed by atoms with Crippen LogP contribution in [0.2, 0.25) is 0 Å². The Morgan fingerprint density at radius 1 is 1.30 bits per heavy atom. The Morgan fingerprint density at radius 3 is 2.90 bits per heavy atom. The van der Waals surface area contributed by atoms with Gasteiger partial charge >= 0.3 is 0 Å². The molecule has 0 aliphatic rings. The smallest absolute Gasteiger partial charge is 0.209 e. The fourth-order valence-corrected chi connectivity index (χ4v) is 2.87. The average molecular weight is 287 g/mol. The van der Waals surface area contributed by atoms with E-state index in [9.17, 15) is 0 Å². The van der Waals surface area contributed by atoms with Crippen LogP contribution in [-0.2, 0) is 13.0 Å². The van der Waals surface area contributed by atoms with E-state index >= 15 is 0 Å². The third-order valence-corrected chi connectivity index (χ3v) is 4.22. The van der Waals surface area contributed by atoms with Crippen LogP contribution in [0.4, 0.5) is 0 Å². The second-order valence-corrected chi connectivity index (χ2v) is 5.64. The highest BCUT2D eigenvalue weighted by molar-refractivity contribution is 7.09. The zero-order valence-corrected chi connectivity index (χ0v) is 12.4. The highest BCUT2D eigenvalue weighted by Gasteiger charge is 2.11. The van der Waals surface area contributed by atoms with Gasteiger partial charge in [0.2, 0.25) is 5.89 Å². The molecule has 0 aliphatic carbocycles. The van der Waals surface area contributed by atoms with Crippen molar-refractivity contribution in [1.29, 1.82) is 0 Å². The number of aryl methyl sites for hydroxylation is 1. The average Bonchev–Trinajstić information content (AvgIpc) is 3.10. The number of hydrogen-bond acceptors (Lipinski definition) is 5. The highest BCUT2D eigenvalue weighted by atomic mass is 32.1. The molecule has 0 amide bonds. The Kier molecular flexibility index (Phi) is 3.80. The predicted molar refractivity (Wildman–Crippen MR) is 80.8 cm³/mol. The summed E-state index contributed by atoms with van der Waals surface area (Å²) < 4.78 is 5.69. The summed E-state index contributed by atoms with van der Waals surface area (Å²) in [6.45, 7) is 4.84. The lowest BCUT2D eigenvalue weighted by Crippen LogP contribution is -2.18. The van der Waals surface area contributed by atoms with Gasteiger partial charge in [-0.05, 0) is 25.5 Å². The van der Waals surface area contributed by atoms with Crippen LogP contribution in [0.5, 0.6) is 0 Å². The van der Waals surface area contributed by atoms with Crippen molar-refractivity contribution in [2.75, 3.05) is 0 Å². The van der Waals surface area contributed by atoms with E-state index in [-0.39, 0.29) is 6.04 Å². The first-order chi connectivity index (χ1) is 9.76. The van der Waals surface area contributed by atoms with Crippen LogP contribution >= 0.6 is 11.3 Å². The molecule has 1 aromatic carbocycles. The van der Waals surface area contributed by atoms with E-state index in [4.69, 9.17) is 4.42 Å². The molecular weight excluding hydrogens is 270 g/mol. The Balaban J connectivity index is 1.66. The molecule has 1 atom stereocenters. The molecule has 2 aromatic heterocycles. The van der Waals surface area contributed by atoms with Crippen LogP contribution < -0.4 is 5.32 Å². The van der Waals surface area contributed by atoms with Crippen molar-refractivity contribution >= 4 is 22.4 Å². The molecule has 104 valence electrons. The molecule has 0 spiro atoms. The summed E-state index contributed by atoms with van der Waals surface area (Å²) in [6, 6.07) is 8.01. The lowest BCUT2D eigenvalue weighted by molar-refractivity contribution is 0.464. The quantitative estimate of drug-likeness (QED) is 0.777. The molecule has 0 fully saturated rings. The molecule has 4 nitrogen and oxygen atoms in total. The number of nitrogens with one attached hydrogen (secondary N) is 1. The number of thiazole rings is 1. The van der Waals surface area contributed by atoms with Crippen molar-refractivity contribution in [3.05, 3.63) is 46.2 Å². The van der Waals surface area contributed by atoms with Gasteiger partial charge < -0.3 is 9.73 Å². The molecule has 0 radical (unpaired) electrons. The number of para-hydroxylation sites is 2. The van der Waals surface area contributed by atoms with Gasteiger partial charge in [0.05, 0.1) is 17.2 Å². The lowest BCUT2D eigenvalue weighted by Gasteiger charge is -2.09. The van der Waals surface area contributed by atoms with E-state index in [0.717, 1.165) is 23.2 Å². The summed E-state index contributed by atoms with van der Waals surface area (Å²) in [5.41, 5.74) is 2.82. The SMILES string of the molecule is CCc1nc(C(C)NCc2nc3ccccc3o2)cs1. The number of rotatable bonds is 5. The van der Waals surface area contributed by atoms with Crippen molar-refractivity contribution in [1.82, 2.24) is 15.3 Å². The van der Waals surface area contributed by atoms with E-state index < -0.39 is 0 Å². The van der Waals surface area contributed by atoms with Crippen LogP contribution in [-0.4, -0.2) is 9.97 Å². The summed E-state index contributed by atoms with van der Waals surface area (Å²) in [6.07, 6.45) is 0.989. The van der Waals surface area contributed by atoms with Gasteiger partial charge in [0.15, 0.2) is 5.58 Å². The van der Waals surface area contributed by atoms with Crippen LogP contribution in [0.3, 0.4) is 0 Å². The van der Waals surface area contributed by atoms with Gasteiger partial charge in [0, 0.05) is 11.4 Å². The summed E-state index contributed by atoms with van der Waals surface area (Å²) in [4.78, 5) is 9.04. The second kappa shape index (κ2) is 5.73. The van der Waals surface area contributed by atoms with E-state index in [2.05, 4.69) is 34.5 Å². The van der Waals surface area contributed by atoms with E-state index in [0.29, 0.717) is 12.4 Å². The molecule has 3 aromatic rings. The monoisotopic (exact) mass is 287 g/mol. The zero-order chi connectivity index (χ0) is 13.9. The van der Waals surface area contributed by atoms with Crippen LogP contribution in [0.25, 0.3) is 11.1 Å². The maximum Gasteiger partial charge on any atom is 0.209 e. The third kappa shape index (κ3) is 2.73. The molecule has 1 unspecified atom stereocenters.